The van der Waals surface area contributed by atoms with E-state index in [4.69, 9.17) is 16.3 Å². The lowest BCUT2D eigenvalue weighted by Gasteiger charge is -2.27. The Balaban J connectivity index is 1.75. The minimum Gasteiger partial charge on any atom is -0.378 e. The second kappa shape index (κ2) is 8.52. The topological polar surface area (TPSA) is 54.5 Å². The Kier molecular flexibility index (Phi) is 5.90. The molecular formula is C20H18ClN3O2. The molecule has 1 aromatic heterocycles. The third-order valence-electron chi connectivity index (χ3n) is 3.80. The second-order valence-corrected chi connectivity index (χ2v) is 6.04. The molecule has 0 spiro atoms. The Morgan fingerprint density at radius 1 is 1.19 bits per heavy atom. The van der Waals surface area contributed by atoms with Crippen molar-refractivity contribution < 1.29 is 9.53 Å². The maximum Gasteiger partial charge on any atom is 0.247 e. The molecule has 1 saturated heterocycles. The van der Waals surface area contributed by atoms with E-state index in [1.807, 2.05) is 18.2 Å². The van der Waals surface area contributed by atoms with Crippen molar-refractivity contribution in [3.05, 3.63) is 65.3 Å². The predicted molar refractivity (Wildman–Crippen MR) is 104 cm³/mol. The summed E-state index contributed by atoms with van der Waals surface area (Å²) in [6, 6.07) is 11.0. The molecule has 0 radical (unpaired) electrons. The molecule has 2 heterocycles. The molecule has 1 aliphatic heterocycles. The first-order chi connectivity index (χ1) is 12.6. The van der Waals surface area contributed by atoms with Crippen molar-refractivity contribution in [2.45, 2.75) is 0 Å². The Bertz CT molecular complexity index is 863. The Morgan fingerprint density at radius 2 is 1.88 bits per heavy atom. The molecule has 1 amide bonds. The second-order valence-electron chi connectivity index (χ2n) is 5.66. The van der Waals surface area contributed by atoms with Gasteiger partial charge in [0.1, 0.15) is 11.0 Å². The number of carbonyl (C=O) groups excluding carboxylic acids is 1. The normalized spacial score (nSPS) is 13.5. The molecule has 132 valence electrons. The van der Waals surface area contributed by atoms with Crippen molar-refractivity contribution in [2.75, 3.05) is 36.5 Å². The molecule has 0 aliphatic carbocycles. The van der Waals surface area contributed by atoms with Crippen LogP contribution in [0.1, 0.15) is 11.1 Å². The first kappa shape index (κ1) is 18.0. The number of hydrogen-bond donors (Lipinski definition) is 1. The number of amides is 1. The van der Waals surface area contributed by atoms with Crippen LogP contribution in [-0.2, 0) is 9.53 Å². The molecule has 0 bridgehead atoms. The molecule has 5 nitrogen and oxygen atoms in total. The van der Waals surface area contributed by atoms with Crippen LogP contribution in [0, 0.1) is 11.8 Å². The van der Waals surface area contributed by atoms with Crippen molar-refractivity contribution in [3.63, 3.8) is 0 Å². The number of nitrogens with zero attached hydrogens (tertiary/aromatic N) is 2. The molecule has 1 aliphatic rings. The fraction of sp³-hybridized carbons (Fsp3) is 0.200. The fourth-order valence-corrected chi connectivity index (χ4v) is 2.69. The van der Waals surface area contributed by atoms with E-state index in [2.05, 4.69) is 33.6 Å². The lowest BCUT2D eigenvalue weighted by atomic mass is 10.2. The van der Waals surface area contributed by atoms with Gasteiger partial charge < -0.3 is 15.0 Å². The summed E-state index contributed by atoms with van der Waals surface area (Å²) in [5, 5.41) is 3.11. The minimum atomic E-state index is -0.245. The highest BCUT2D eigenvalue weighted by Crippen LogP contribution is 2.19. The molecule has 1 aromatic carbocycles. The largest absolute Gasteiger partial charge is 0.378 e. The van der Waals surface area contributed by atoms with E-state index in [9.17, 15) is 4.79 Å². The van der Waals surface area contributed by atoms with Gasteiger partial charge in [-0.3, -0.25) is 4.79 Å². The monoisotopic (exact) mass is 367 g/mol. The van der Waals surface area contributed by atoms with E-state index in [-0.39, 0.29) is 5.91 Å². The fourth-order valence-electron chi connectivity index (χ4n) is 2.48. The van der Waals surface area contributed by atoms with Gasteiger partial charge in [-0.1, -0.05) is 30.0 Å². The number of pyridine rings is 1. The minimum absolute atomic E-state index is 0.245. The number of hydrogen-bond acceptors (Lipinski definition) is 4. The van der Waals surface area contributed by atoms with Crippen LogP contribution in [0.4, 0.5) is 11.5 Å². The summed E-state index contributed by atoms with van der Waals surface area (Å²) in [7, 11) is 0. The summed E-state index contributed by atoms with van der Waals surface area (Å²) in [5.41, 5.74) is 2.33. The number of halogens is 1. The summed E-state index contributed by atoms with van der Waals surface area (Å²) in [4.78, 5) is 17.8. The molecule has 26 heavy (non-hydrogen) atoms. The van der Waals surface area contributed by atoms with Crippen molar-refractivity contribution in [3.8, 4) is 11.8 Å². The number of benzene rings is 1. The van der Waals surface area contributed by atoms with E-state index < -0.39 is 0 Å². The highest BCUT2D eigenvalue weighted by atomic mass is 35.5. The number of carbonyl (C=O) groups is 1. The van der Waals surface area contributed by atoms with Crippen molar-refractivity contribution in [1.29, 1.82) is 0 Å². The lowest BCUT2D eigenvalue weighted by Crippen LogP contribution is -2.36. The lowest BCUT2D eigenvalue weighted by molar-refractivity contribution is -0.111. The third-order valence-corrected chi connectivity index (χ3v) is 4.00. The highest BCUT2D eigenvalue weighted by Gasteiger charge is 2.13. The summed E-state index contributed by atoms with van der Waals surface area (Å²) in [6.07, 6.45) is 1.23. The average molecular weight is 368 g/mol. The highest BCUT2D eigenvalue weighted by molar-refractivity contribution is 6.29. The van der Waals surface area contributed by atoms with E-state index in [0.29, 0.717) is 24.1 Å². The van der Waals surface area contributed by atoms with Crippen LogP contribution >= 0.6 is 11.6 Å². The van der Waals surface area contributed by atoms with Gasteiger partial charge in [0, 0.05) is 29.9 Å². The first-order valence-electron chi connectivity index (χ1n) is 8.20. The zero-order chi connectivity index (χ0) is 18.4. The molecule has 2 aromatic rings. The van der Waals surface area contributed by atoms with Crippen molar-refractivity contribution >= 4 is 29.0 Å². The van der Waals surface area contributed by atoms with Gasteiger partial charge in [-0.25, -0.2) is 4.98 Å². The molecule has 0 saturated carbocycles. The zero-order valence-electron chi connectivity index (χ0n) is 14.2. The van der Waals surface area contributed by atoms with Crippen LogP contribution < -0.4 is 10.2 Å². The molecule has 3 rings (SSSR count). The molecule has 1 N–H and O–H groups in total. The van der Waals surface area contributed by atoms with Crippen LogP contribution in [0.3, 0.4) is 0 Å². The van der Waals surface area contributed by atoms with E-state index in [0.717, 1.165) is 30.0 Å². The van der Waals surface area contributed by atoms with Gasteiger partial charge in [0.15, 0.2) is 0 Å². The number of anilines is 2. The van der Waals surface area contributed by atoms with Crippen LogP contribution in [0.5, 0.6) is 0 Å². The van der Waals surface area contributed by atoms with Crippen LogP contribution in [-0.4, -0.2) is 37.2 Å². The Hall–Kier alpha value is -2.81. The zero-order valence-corrected chi connectivity index (χ0v) is 14.9. The standard InChI is InChI=1S/C20H18ClN3O2/c1-2-20(25)22-17-7-5-15(6-8-17)3-4-16-13-18(21)23-19(14-16)24-9-11-26-12-10-24/h2,5-8,13-14H,1,9-12H2,(H,22,25). The summed E-state index contributed by atoms with van der Waals surface area (Å²) < 4.78 is 5.37. The van der Waals surface area contributed by atoms with Gasteiger partial charge in [0.05, 0.1) is 13.2 Å². The number of ether oxygens (including phenoxy) is 1. The molecule has 0 atom stereocenters. The van der Waals surface area contributed by atoms with Gasteiger partial charge in [0.2, 0.25) is 5.91 Å². The molecule has 1 fully saturated rings. The average Bonchev–Trinajstić information content (AvgIpc) is 2.67. The Morgan fingerprint density at radius 3 is 2.58 bits per heavy atom. The van der Waals surface area contributed by atoms with Gasteiger partial charge >= 0.3 is 0 Å². The number of aromatic nitrogens is 1. The molecule has 0 unspecified atom stereocenters. The van der Waals surface area contributed by atoms with Crippen molar-refractivity contribution in [1.82, 2.24) is 4.98 Å². The maximum atomic E-state index is 11.3. The van der Waals surface area contributed by atoms with Gasteiger partial charge in [-0.2, -0.15) is 0 Å². The van der Waals surface area contributed by atoms with Crippen LogP contribution in [0.15, 0.2) is 49.1 Å². The maximum absolute atomic E-state index is 11.3. The summed E-state index contributed by atoms with van der Waals surface area (Å²) in [6.45, 7) is 6.37. The quantitative estimate of drug-likeness (QED) is 0.514. The van der Waals surface area contributed by atoms with E-state index >= 15 is 0 Å². The summed E-state index contributed by atoms with van der Waals surface area (Å²) >= 11 is 6.15. The van der Waals surface area contributed by atoms with Crippen LogP contribution in [0.2, 0.25) is 5.15 Å². The number of nitrogens with one attached hydrogen (secondary N) is 1. The Labute approximate surface area is 157 Å². The molecular weight excluding hydrogens is 350 g/mol. The van der Waals surface area contributed by atoms with Gasteiger partial charge in [0.25, 0.3) is 0 Å². The van der Waals surface area contributed by atoms with Gasteiger partial charge in [-0.15, -0.1) is 0 Å². The third kappa shape index (κ3) is 4.85. The SMILES string of the molecule is C=CC(=O)Nc1ccc(C#Cc2cc(Cl)nc(N3CCOCC3)c2)cc1. The van der Waals surface area contributed by atoms with E-state index in [1.54, 1.807) is 18.2 Å². The van der Waals surface area contributed by atoms with Gasteiger partial charge in [-0.05, 0) is 42.5 Å². The predicted octanol–water partition coefficient (Wildman–Crippen LogP) is 3.10. The number of rotatable bonds is 3. The molecule has 6 heteroatoms. The first-order valence-corrected chi connectivity index (χ1v) is 8.57. The van der Waals surface area contributed by atoms with E-state index in [1.165, 1.54) is 6.08 Å². The number of morpholine rings is 1. The smallest absolute Gasteiger partial charge is 0.247 e. The van der Waals surface area contributed by atoms with Crippen LogP contribution in [0.25, 0.3) is 0 Å². The summed E-state index contributed by atoms with van der Waals surface area (Å²) in [5.74, 6) is 6.79. The van der Waals surface area contributed by atoms with Crippen molar-refractivity contribution in [2.24, 2.45) is 0 Å².